The Labute approximate surface area is 159 Å². The maximum Gasteiger partial charge on any atom is 0.253 e. The lowest BCUT2D eigenvalue weighted by Gasteiger charge is -2.17. The summed E-state index contributed by atoms with van der Waals surface area (Å²) in [6, 6.07) is 25.5. The van der Waals surface area contributed by atoms with Crippen LogP contribution in [0, 0.1) is 0 Å². The highest BCUT2D eigenvalue weighted by Crippen LogP contribution is 2.31. The molecule has 3 aromatic carbocycles. The molecule has 0 bridgehead atoms. The minimum Gasteiger partial charge on any atom is -0.345 e. The number of carbonyl (C=O) groups excluding carboxylic acids is 1. The standard InChI is InChI=1S/C23H20ClNO/c1-25(2)23(26)20-14-13-19(24)16-22(20)21(18-11-7-4-8-12-18)15-17-9-5-3-6-10-17/h3-16H,1-2H3/b21-15+. The van der Waals surface area contributed by atoms with Gasteiger partial charge >= 0.3 is 0 Å². The van der Waals surface area contributed by atoms with E-state index in [9.17, 15) is 4.79 Å². The lowest BCUT2D eigenvalue weighted by Crippen LogP contribution is -2.23. The highest BCUT2D eigenvalue weighted by molar-refractivity contribution is 6.31. The Balaban J connectivity index is 2.25. The van der Waals surface area contributed by atoms with Gasteiger partial charge in [0.25, 0.3) is 5.91 Å². The molecule has 3 rings (SSSR count). The molecule has 0 heterocycles. The first-order valence-electron chi connectivity index (χ1n) is 8.40. The Kier molecular flexibility index (Phi) is 5.55. The zero-order chi connectivity index (χ0) is 18.5. The van der Waals surface area contributed by atoms with Crippen molar-refractivity contribution in [1.82, 2.24) is 4.90 Å². The molecule has 1 amide bonds. The molecular weight excluding hydrogens is 342 g/mol. The molecule has 0 aliphatic rings. The normalized spacial score (nSPS) is 11.3. The first kappa shape index (κ1) is 18.0. The third kappa shape index (κ3) is 4.04. The number of rotatable bonds is 4. The molecule has 0 N–H and O–H groups in total. The van der Waals surface area contributed by atoms with Gasteiger partial charge in [-0.05, 0) is 46.5 Å². The van der Waals surface area contributed by atoms with E-state index in [1.54, 1.807) is 31.1 Å². The molecule has 0 saturated heterocycles. The van der Waals surface area contributed by atoms with Gasteiger partial charge in [0.05, 0.1) is 0 Å². The van der Waals surface area contributed by atoms with Gasteiger partial charge in [-0.15, -0.1) is 0 Å². The van der Waals surface area contributed by atoms with Crippen molar-refractivity contribution in [3.63, 3.8) is 0 Å². The molecule has 0 aliphatic heterocycles. The van der Waals surface area contributed by atoms with Crippen LogP contribution in [0.4, 0.5) is 0 Å². The predicted octanol–water partition coefficient (Wildman–Crippen LogP) is 5.63. The van der Waals surface area contributed by atoms with Crippen molar-refractivity contribution in [3.8, 4) is 0 Å². The van der Waals surface area contributed by atoms with E-state index < -0.39 is 0 Å². The zero-order valence-corrected chi connectivity index (χ0v) is 15.6. The van der Waals surface area contributed by atoms with Gasteiger partial charge < -0.3 is 4.90 Å². The van der Waals surface area contributed by atoms with Gasteiger partial charge in [0.15, 0.2) is 0 Å². The summed E-state index contributed by atoms with van der Waals surface area (Å²) in [5.74, 6) is -0.0495. The molecule has 0 unspecified atom stereocenters. The van der Waals surface area contributed by atoms with Crippen molar-refractivity contribution in [2.45, 2.75) is 0 Å². The predicted molar refractivity (Wildman–Crippen MR) is 109 cm³/mol. The number of amides is 1. The first-order valence-corrected chi connectivity index (χ1v) is 8.78. The van der Waals surface area contributed by atoms with Crippen molar-refractivity contribution in [1.29, 1.82) is 0 Å². The quantitative estimate of drug-likeness (QED) is 0.551. The van der Waals surface area contributed by atoms with Crippen molar-refractivity contribution < 1.29 is 4.79 Å². The van der Waals surface area contributed by atoms with Crippen molar-refractivity contribution in [3.05, 3.63) is 106 Å². The molecule has 26 heavy (non-hydrogen) atoms. The SMILES string of the molecule is CN(C)C(=O)c1ccc(Cl)cc1/C(=C/c1ccccc1)c1ccccc1. The maximum atomic E-state index is 12.7. The molecule has 0 saturated carbocycles. The fourth-order valence-electron chi connectivity index (χ4n) is 2.82. The monoisotopic (exact) mass is 361 g/mol. The second-order valence-corrected chi connectivity index (χ2v) is 6.66. The molecule has 0 spiro atoms. The molecule has 0 aromatic heterocycles. The third-order valence-corrected chi connectivity index (χ3v) is 4.34. The molecule has 0 radical (unpaired) electrons. The Morgan fingerprint density at radius 3 is 2.08 bits per heavy atom. The van der Waals surface area contributed by atoms with Crippen molar-refractivity contribution in [2.24, 2.45) is 0 Å². The van der Waals surface area contributed by atoms with Crippen LogP contribution in [-0.2, 0) is 0 Å². The fraction of sp³-hybridized carbons (Fsp3) is 0.0870. The summed E-state index contributed by atoms with van der Waals surface area (Å²) < 4.78 is 0. The van der Waals surface area contributed by atoms with E-state index in [1.165, 1.54) is 0 Å². The summed E-state index contributed by atoms with van der Waals surface area (Å²) in [6.45, 7) is 0. The van der Waals surface area contributed by atoms with Gasteiger partial charge in [-0.25, -0.2) is 0 Å². The average molecular weight is 362 g/mol. The Hall–Kier alpha value is -2.84. The van der Waals surface area contributed by atoms with Gasteiger partial charge in [-0.3, -0.25) is 4.79 Å². The summed E-state index contributed by atoms with van der Waals surface area (Å²) in [6.07, 6.45) is 2.09. The van der Waals surface area contributed by atoms with Crippen molar-refractivity contribution in [2.75, 3.05) is 14.1 Å². The molecule has 0 aliphatic carbocycles. The summed E-state index contributed by atoms with van der Waals surface area (Å²) in [4.78, 5) is 14.3. The van der Waals surface area contributed by atoms with Gasteiger partial charge in [0.2, 0.25) is 0 Å². The minimum absolute atomic E-state index is 0.0495. The maximum absolute atomic E-state index is 12.7. The van der Waals surface area contributed by atoms with Gasteiger partial charge in [0, 0.05) is 24.7 Å². The zero-order valence-electron chi connectivity index (χ0n) is 14.8. The van der Waals surface area contributed by atoms with E-state index in [0.29, 0.717) is 10.6 Å². The van der Waals surface area contributed by atoms with E-state index in [1.807, 2.05) is 66.7 Å². The number of benzene rings is 3. The number of nitrogens with zero attached hydrogens (tertiary/aromatic N) is 1. The largest absolute Gasteiger partial charge is 0.345 e. The summed E-state index contributed by atoms with van der Waals surface area (Å²) in [5.41, 5.74) is 4.52. The second-order valence-electron chi connectivity index (χ2n) is 6.22. The second kappa shape index (κ2) is 8.03. The number of halogens is 1. The van der Waals surface area contributed by atoms with Crippen LogP contribution in [-0.4, -0.2) is 24.9 Å². The van der Waals surface area contributed by atoms with Crippen LogP contribution in [0.2, 0.25) is 5.02 Å². The van der Waals surface area contributed by atoms with E-state index in [0.717, 1.165) is 22.3 Å². The highest BCUT2D eigenvalue weighted by Gasteiger charge is 2.17. The topological polar surface area (TPSA) is 20.3 Å². The van der Waals surface area contributed by atoms with Crippen LogP contribution in [0.25, 0.3) is 11.6 Å². The van der Waals surface area contributed by atoms with Gasteiger partial charge in [-0.2, -0.15) is 0 Å². The van der Waals surface area contributed by atoms with E-state index in [-0.39, 0.29) is 5.91 Å². The molecule has 2 nitrogen and oxygen atoms in total. The number of hydrogen-bond acceptors (Lipinski definition) is 1. The van der Waals surface area contributed by atoms with E-state index in [4.69, 9.17) is 11.6 Å². The first-order chi connectivity index (χ1) is 12.6. The third-order valence-electron chi connectivity index (χ3n) is 4.10. The van der Waals surface area contributed by atoms with Crippen molar-refractivity contribution >= 4 is 29.2 Å². The van der Waals surface area contributed by atoms with Gasteiger partial charge in [-0.1, -0.05) is 72.3 Å². The lowest BCUT2D eigenvalue weighted by atomic mass is 9.91. The van der Waals surface area contributed by atoms with Crippen LogP contribution in [0.1, 0.15) is 27.0 Å². The molecular formula is C23H20ClNO. The highest BCUT2D eigenvalue weighted by atomic mass is 35.5. The molecule has 3 aromatic rings. The van der Waals surface area contributed by atoms with Crippen LogP contribution in [0.3, 0.4) is 0 Å². The summed E-state index contributed by atoms with van der Waals surface area (Å²) in [7, 11) is 3.51. The molecule has 0 atom stereocenters. The minimum atomic E-state index is -0.0495. The van der Waals surface area contributed by atoms with Gasteiger partial charge in [0.1, 0.15) is 0 Å². The van der Waals surface area contributed by atoms with Crippen LogP contribution in [0.5, 0.6) is 0 Å². The molecule has 0 fully saturated rings. The van der Waals surface area contributed by atoms with Crippen LogP contribution in [0.15, 0.2) is 78.9 Å². The lowest BCUT2D eigenvalue weighted by molar-refractivity contribution is 0.0827. The van der Waals surface area contributed by atoms with Crippen LogP contribution < -0.4 is 0 Å². The Morgan fingerprint density at radius 1 is 0.846 bits per heavy atom. The number of carbonyl (C=O) groups is 1. The smallest absolute Gasteiger partial charge is 0.253 e. The molecule has 3 heteroatoms. The van der Waals surface area contributed by atoms with E-state index >= 15 is 0 Å². The average Bonchev–Trinajstić information content (AvgIpc) is 2.67. The number of hydrogen-bond donors (Lipinski definition) is 0. The van der Waals surface area contributed by atoms with Crippen LogP contribution >= 0.6 is 11.6 Å². The fourth-order valence-corrected chi connectivity index (χ4v) is 2.99. The molecule has 130 valence electrons. The Morgan fingerprint density at radius 2 is 1.46 bits per heavy atom. The summed E-state index contributed by atoms with van der Waals surface area (Å²) >= 11 is 6.28. The van der Waals surface area contributed by atoms with E-state index in [2.05, 4.69) is 6.08 Å². The Bertz CT molecular complexity index is 931. The summed E-state index contributed by atoms with van der Waals surface area (Å²) in [5, 5.41) is 0.602.